The third kappa shape index (κ3) is 3.20. The van der Waals surface area contributed by atoms with E-state index >= 15 is 0 Å². The first-order chi connectivity index (χ1) is 8.16. The molecule has 2 aliphatic rings. The van der Waals surface area contributed by atoms with Gasteiger partial charge in [-0.25, -0.2) is 0 Å². The van der Waals surface area contributed by atoms with Gasteiger partial charge in [0.1, 0.15) is 0 Å². The number of likely N-dealkylation sites (tertiary alicyclic amines) is 1. The molecule has 1 heterocycles. The number of hydrogen-bond donors (Lipinski definition) is 1. The Labute approximate surface area is 103 Å². The highest BCUT2D eigenvalue weighted by Gasteiger charge is 2.34. The highest BCUT2D eigenvalue weighted by Crippen LogP contribution is 2.25. The van der Waals surface area contributed by atoms with Crippen LogP contribution in [-0.2, 0) is 9.59 Å². The van der Waals surface area contributed by atoms with E-state index in [1.54, 1.807) is 0 Å². The minimum atomic E-state index is -0.0366. The maximum Gasteiger partial charge on any atom is 0.225 e. The van der Waals surface area contributed by atoms with Crippen LogP contribution in [0.2, 0.25) is 0 Å². The van der Waals surface area contributed by atoms with E-state index in [0.29, 0.717) is 19.0 Å². The van der Waals surface area contributed by atoms with Gasteiger partial charge in [-0.2, -0.15) is 0 Å². The number of carbonyl (C=O) groups excluding carboxylic acids is 2. The molecule has 1 aliphatic heterocycles. The van der Waals surface area contributed by atoms with Crippen molar-refractivity contribution in [2.24, 2.45) is 0 Å². The van der Waals surface area contributed by atoms with Crippen LogP contribution in [0.25, 0.3) is 0 Å². The highest BCUT2D eigenvalue weighted by atomic mass is 16.2. The van der Waals surface area contributed by atoms with Crippen molar-refractivity contribution in [3.8, 4) is 0 Å². The highest BCUT2D eigenvalue weighted by molar-refractivity contribution is 5.81. The molecular formula is C13H22N2O2. The van der Waals surface area contributed by atoms with Gasteiger partial charge >= 0.3 is 0 Å². The van der Waals surface area contributed by atoms with Gasteiger partial charge in [-0.1, -0.05) is 25.7 Å². The molecule has 1 saturated carbocycles. The lowest BCUT2D eigenvalue weighted by atomic mass is 10.1. The number of amides is 2. The van der Waals surface area contributed by atoms with Crippen molar-refractivity contribution in [2.45, 2.75) is 64.0 Å². The van der Waals surface area contributed by atoms with E-state index in [9.17, 15) is 9.59 Å². The molecule has 0 bridgehead atoms. The fraction of sp³-hybridized carbons (Fsp3) is 0.846. The fourth-order valence-corrected chi connectivity index (χ4v) is 3.04. The molecule has 2 amide bonds. The van der Waals surface area contributed by atoms with E-state index in [4.69, 9.17) is 0 Å². The van der Waals surface area contributed by atoms with Gasteiger partial charge in [0, 0.05) is 25.9 Å². The topological polar surface area (TPSA) is 49.4 Å². The summed E-state index contributed by atoms with van der Waals surface area (Å²) in [5, 5.41) is 2.86. The SMILES string of the molecule is CC(=O)NC1CC(=O)N(C2CCCCCC2)C1. The zero-order valence-electron chi connectivity index (χ0n) is 10.6. The zero-order chi connectivity index (χ0) is 12.3. The predicted octanol–water partition coefficient (Wildman–Crippen LogP) is 1.45. The summed E-state index contributed by atoms with van der Waals surface area (Å²) < 4.78 is 0. The summed E-state index contributed by atoms with van der Waals surface area (Å²) in [6.07, 6.45) is 7.83. The maximum atomic E-state index is 12.0. The number of nitrogens with zero attached hydrogens (tertiary/aromatic N) is 1. The second kappa shape index (κ2) is 5.52. The Morgan fingerprint density at radius 2 is 1.88 bits per heavy atom. The van der Waals surface area contributed by atoms with Crippen molar-refractivity contribution in [1.29, 1.82) is 0 Å². The van der Waals surface area contributed by atoms with Gasteiger partial charge in [-0.3, -0.25) is 9.59 Å². The molecule has 2 fully saturated rings. The first-order valence-electron chi connectivity index (χ1n) is 6.73. The van der Waals surface area contributed by atoms with Crippen LogP contribution in [0.1, 0.15) is 51.9 Å². The van der Waals surface area contributed by atoms with E-state index in [0.717, 1.165) is 12.8 Å². The number of nitrogens with one attached hydrogen (secondary N) is 1. The fourth-order valence-electron chi connectivity index (χ4n) is 3.04. The molecule has 0 aromatic carbocycles. The van der Waals surface area contributed by atoms with Crippen LogP contribution in [0.15, 0.2) is 0 Å². The molecule has 1 N–H and O–H groups in total. The largest absolute Gasteiger partial charge is 0.351 e. The normalized spacial score (nSPS) is 27.0. The van der Waals surface area contributed by atoms with Gasteiger partial charge in [-0.05, 0) is 12.8 Å². The second-order valence-corrected chi connectivity index (χ2v) is 5.29. The summed E-state index contributed by atoms with van der Waals surface area (Å²) in [6, 6.07) is 0.451. The van der Waals surface area contributed by atoms with Crippen molar-refractivity contribution in [3.05, 3.63) is 0 Å². The van der Waals surface area contributed by atoms with Crippen LogP contribution in [0.3, 0.4) is 0 Å². The lowest BCUT2D eigenvalue weighted by molar-refractivity contribution is -0.129. The third-order valence-electron chi connectivity index (χ3n) is 3.83. The molecule has 2 rings (SSSR count). The Bertz CT molecular complexity index is 296. The molecule has 1 saturated heterocycles. The molecule has 0 aromatic rings. The first kappa shape index (κ1) is 12.4. The average Bonchev–Trinajstić information content (AvgIpc) is 2.52. The molecule has 0 radical (unpaired) electrons. The Morgan fingerprint density at radius 3 is 2.47 bits per heavy atom. The number of rotatable bonds is 2. The molecule has 4 nitrogen and oxygen atoms in total. The van der Waals surface area contributed by atoms with Crippen LogP contribution in [0.4, 0.5) is 0 Å². The lowest BCUT2D eigenvalue weighted by Crippen LogP contribution is -2.39. The summed E-state index contributed by atoms with van der Waals surface area (Å²) in [5.74, 6) is 0.182. The summed E-state index contributed by atoms with van der Waals surface area (Å²) >= 11 is 0. The van der Waals surface area contributed by atoms with Crippen LogP contribution in [-0.4, -0.2) is 35.3 Å². The summed E-state index contributed by atoms with van der Waals surface area (Å²) in [4.78, 5) is 25.0. The van der Waals surface area contributed by atoms with E-state index in [1.807, 2.05) is 4.90 Å². The Kier molecular flexibility index (Phi) is 4.02. The van der Waals surface area contributed by atoms with Gasteiger partial charge < -0.3 is 10.2 Å². The van der Waals surface area contributed by atoms with Crippen molar-refractivity contribution < 1.29 is 9.59 Å². The van der Waals surface area contributed by atoms with Gasteiger partial charge in [0.15, 0.2) is 0 Å². The van der Waals surface area contributed by atoms with Crippen LogP contribution in [0.5, 0.6) is 0 Å². The first-order valence-corrected chi connectivity index (χ1v) is 6.73. The summed E-state index contributed by atoms with van der Waals surface area (Å²) in [6.45, 7) is 2.22. The molecule has 96 valence electrons. The minimum Gasteiger partial charge on any atom is -0.351 e. The maximum absolute atomic E-state index is 12.0. The number of carbonyl (C=O) groups is 2. The summed E-state index contributed by atoms with van der Waals surface area (Å²) in [5.41, 5.74) is 0. The van der Waals surface area contributed by atoms with E-state index < -0.39 is 0 Å². The Morgan fingerprint density at radius 1 is 1.24 bits per heavy atom. The molecule has 0 spiro atoms. The smallest absolute Gasteiger partial charge is 0.225 e. The van der Waals surface area contributed by atoms with E-state index in [1.165, 1.54) is 32.6 Å². The molecule has 0 aromatic heterocycles. The predicted molar refractivity (Wildman–Crippen MR) is 65.4 cm³/mol. The van der Waals surface area contributed by atoms with Gasteiger partial charge in [0.25, 0.3) is 0 Å². The van der Waals surface area contributed by atoms with Crippen LogP contribution >= 0.6 is 0 Å². The number of hydrogen-bond acceptors (Lipinski definition) is 2. The molecule has 17 heavy (non-hydrogen) atoms. The molecular weight excluding hydrogens is 216 g/mol. The lowest BCUT2D eigenvalue weighted by Gasteiger charge is -2.27. The Balaban J connectivity index is 1.92. The Hall–Kier alpha value is -1.06. The average molecular weight is 238 g/mol. The van der Waals surface area contributed by atoms with Crippen molar-refractivity contribution in [2.75, 3.05) is 6.54 Å². The summed E-state index contributed by atoms with van der Waals surface area (Å²) in [7, 11) is 0. The van der Waals surface area contributed by atoms with Gasteiger partial charge in [-0.15, -0.1) is 0 Å². The monoisotopic (exact) mass is 238 g/mol. The standard InChI is InChI=1S/C13H22N2O2/c1-10(16)14-11-8-13(17)15(9-11)12-6-4-2-3-5-7-12/h11-12H,2-9H2,1H3,(H,14,16). The van der Waals surface area contributed by atoms with E-state index in [-0.39, 0.29) is 17.9 Å². The molecule has 1 unspecified atom stereocenters. The van der Waals surface area contributed by atoms with Crippen molar-refractivity contribution >= 4 is 11.8 Å². The van der Waals surface area contributed by atoms with Crippen LogP contribution in [0, 0.1) is 0 Å². The minimum absolute atomic E-state index is 0.0308. The van der Waals surface area contributed by atoms with Crippen molar-refractivity contribution in [3.63, 3.8) is 0 Å². The molecule has 1 aliphatic carbocycles. The van der Waals surface area contributed by atoms with E-state index in [2.05, 4.69) is 5.32 Å². The van der Waals surface area contributed by atoms with Gasteiger partial charge in [0.05, 0.1) is 6.04 Å². The third-order valence-corrected chi connectivity index (χ3v) is 3.83. The second-order valence-electron chi connectivity index (χ2n) is 5.29. The molecule has 4 heteroatoms. The molecule has 1 atom stereocenters. The van der Waals surface area contributed by atoms with Crippen LogP contribution < -0.4 is 5.32 Å². The quantitative estimate of drug-likeness (QED) is 0.740. The van der Waals surface area contributed by atoms with Gasteiger partial charge in [0.2, 0.25) is 11.8 Å². The zero-order valence-corrected chi connectivity index (χ0v) is 10.6. The van der Waals surface area contributed by atoms with Crippen molar-refractivity contribution in [1.82, 2.24) is 10.2 Å².